The molecule has 0 saturated carbocycles. The molecule has 1 aromatic heterocycles. The zero-order valence-electron chi connectivity index (χ0n) is 19.3. The fourth-order valence-corrected chi connectivity index (χ4v) is 5.19. The highest BCUT2D eigenvalue weighted by atomic mass is 32.2. The number of carbonyl (C=O) groups is 1. The van der Waals surface area contributed by atoms with Crippen molar-refractivity contribution in [2.45, 2.75) is 4.90 Å². The van der Waals surface area contributed by atoms with Crippen LogP contribution in [0.15, 0.2) is 65.7 Å². The molecule has 3 aromatic rings. The fourth-order valence-electron chi connectivity index (χ4n) is 3.94. The maximum absolute atomic E-state index is 13.4. The quantitative estimate of drug-likeness (QED) is 0.483. The summed E-state index contributed by atoms with van der Waals surface area (Å²) in [7, 11) is -1.33. The summed E-state index contributed by atoms with van der Waals surface area (Å²) in [5.41, 5.74) is 0.721. The van der Waals surface area contributed by atoms with Crippen molar-refractivity contribution in [2.75, 3.05) is 54.9 Å². The minimum Gasteiger partial charge on any atom is -0.497 e. The van der Waals surface area contributed by atoms with Crippen molar-refractivity contribution in [3.8, 4) is 11.5 Å². The van der Waals surface area contributed by atoms with E-state index in [4.69, 9.17) is 9.47 Å². The number of pyridine rings is 1. The summed E-state index contributed by atoms with van der Waals surface area (Å²) < 4.78 is 39.7. The second-order valence-corrected chi connectivity index (χ2v) is 9.47. The average molecular weight is 499 g/mol. The van der Waals surface area contributed by atoms with E-state index >= 15 is 0 Å². The number of piperazine rings is 1. The van der Waals surface area contributed by atoms with E-state index < -0.39 is 16.0 Å². The lowest BCUT2D eigenvalue weighted by molar-refractivity contribution is 0.0697. The average Bonchev–Trinajstić information content (AvgIpc) is 2.88. The SMILES string of the molecule is COc1ccc(OC)c(S(=O)(=O)Nc2cc(C(=O)O)ccc2N2CCN(c3ccccn3)CC2)c1. The topological polar surface area (TPSA) is 121 Å². The fraction of sp³-hybridized carbons (Fsp3) is 0.250. The Morgan fingerprint density at radius 1 is 0.971 bits per heavy atom. The number of carboxylic acids is 1. The van der Waals surface area contributed by atoms with Gasteiger partial charge in [0, 0.05) is 38.4 Å². The zero-order valence-corrected chi connectivity index (χ0v) is 20.2. The molecule has 0 spiro atoms. The lowest BCUT2D eigenvalue weighted by atomic mass is 10.1. The van der Waals surface area contributed by atoms with Gasteiger partial charge in [-0.05, 0) is 42.5 Å². The minimum absolute atomic E-state index is 0.0313. The lowest BCUT2D eigenvalue weighted by Gasteiger charge is -2.37. The summed E-state index contributed by atoms with van der Waals surface area (Å²) in [5.74, 6) is 0.199. The molecule has 2 N–H and O–H groups in total. The van der Waals surface area contributed by atoms with E-state index in [1.807, 2.05) is 23.1 Å². The predicted molar refractivity (Wildman–Crippen MR) is 132 cm³/mol. The molecule has 1 saturated heterocycles. The Kier molecular flexibility index (Phi) is 6.97. The summed E-state index contributed by atoms with van der Waals surface area (Å²) in [6.07, 6.45) is 1.74. The molecular weight excluding hydrogens is 472 g/mol. The van der Waals surface area contributed by atoms with E-state index in [9.17, 15) is 18.3 Å². The van der Waals surface area contributed by atoms with Crippen LogP contribution in [-0.2, 0) is 10.0 Å². The van der Waals surface area contributed by atoms with Gasteiger partial charge in [-0.1, -0.05) is 6.07 Å². The van der Waals surface area contributed by atoms with Crippen molar-refractivity contribution < 1.29 is 27.8 Å². The number of aromatic carboxylic acids is 1. The number of hydrogen-bond acceptors (Lipinski definition) is 8. The van der Waals surface area contributed by atoms with Crippen LogP contribution in [0, 0.1) is 0 Å². The normalized spacial score (nSPS) is 13.9. The highest BCUT2D eigenvalue weighted by molar-refractivity contribution is 7.92. The van der Waals surface area contributed by atoms with Gasteiger partial charge >= 0.3 is 5.97 Å². The number of benzene rings is 2. The molecule has 2 aromatic carbocycles. The van der Waals surface area contributed by atoms with Crippen LogP contribution >= 0.6 is 0 Å². The summed E-state index contributed by atoms with van der Waals surface area (Å²) in [5, 5.41) is 9.50. The van der Waals surface area contributed by atoms with Gasteiger partial charge in [-0.25, -0.2) is 18.2 Å². The molecule has 1 fully saturated rings. The number of carboxylic acid groups (broad SMARTS) is 1. The first kappa shape index (κ1) is 24.1. The van der Waals surface area contributed by atoms with Crippen LogP contribution in [0.25, 0.3) is 0 Å². The van der Waals surface area contributed by atoms with Gasteiger partial charge in [0.2, 0.25) is 0 Å². The molecule has 2 heterocycles. The van der Waals surface area contributed by atoms with E-state index in [1.165, 1.54) is 38.5 Å². The van der Waals surface area contributed by atoms with Gasteiger partial charge in [0.1, 0.15) is 22.2 Å². The summed E-state index contributed by atoms with van der Waals surface area (Å²) >= 11 is 0. The predicted octanol–water partition coefficient (Wildman–Crippen LogP) is 2.92. The van der Waals surface area contributed by atoms with Crippen molar-refractivity contribution >= 4 is 33.2 Å². The van der Waals surface area contributed by atoms with Gasteiger partial charge in [0.05, 0.1) is 31.2 Å². The number of anilines is 3. The third-order valence-electron chi connectivity index (χ3n) is 5.74. The molecule has 0 unspecified atom stereocenters. The number of nitrogens with one attached hydrogen (secondary N) is 1. The standard InChI is InChI=1S/C24H26N4O6S/c1-33-18-7-9-21(34-2)22(16-18)35(31,32)26-19-15-17(24(29)30)6-8-20(19)27-11-13-28(14-12-27)23-5-3-4-10-25-23/h3-10,15-16,26H,11-14H2,1-2H3,(H,29,30). The van der Waals surface area contributed by atoms with Crippen LogP contribution in [0.1, 0.15) is 10.4 Å². The number of nitrogens with zero attached hydrogens (tertiary/aromatic N) is 3. The smallest absolute Gasteiger partial charge is 0.335 e. The van der Waals surface area contributed by atoms with Crippen LogP contribution in [-0.4, -0.2) is 64.9 Å². The Balaban J connectivity index is 1.65. The summed E-state index contributed by atoms with van der Waals surface area (Å²) in [6.45, 7) is 2.54. The molecule has 35 heavy (non-hydrogen) atoms. The summed E-state index contributed by atoms with van der Waals surface area (Å²) in [4.78, 5) is 20.1. The Morgan fingerprint density at radius 3 is 2.34 bits per heavy atom. The van der Waals surface area contributed by atoms with E-state index in [2.05, 4.69) is 14.6 Å². The largest absolute Gasteiger partial charge is 0.497 e. The van der Waals surface area contributed by atoms with Crippen molar-refractivity contribution in [3.63, 3.8) is 0 Å². The van der Waals surface area contributed by atoms with E-state index in [0.29, 0.717) is 37.6 Å². The maximum atomic E-state index is 13.4. The number of ether oxygens (including phenoxy) is 2. The summed E-state index contributed by atoms with van der Waals surface area (Å²) in [6, 6.07) is 14.6. The van der Waals surface area contributed by atoms with Gasteiger partial charge < -0.3 is 24.4 Å². The Morgan fingerprint density at radius 2 is 1.71 bits per heavy atom. The zero-order chi connectivity index (χ0) is 25.0. The highest BCUT2D eigenvalue weighted by Crippen LogP contribution is 2.34. The Labute approximate surface area is 203 Å². The van der Waals surface area contributed by atoms with E-state index in [0.717, 1.165) is 5.82 Å². The number of aromatic nitrogens is 1. The number of hydrogen-bond donors (Lipinski definition) is 2. The van der Waals surface area contributed by atoms with Crippen LogP contribution in [0.4, 0.5) is 17.2 Å². The van der Waals surface area contributed by atoms with Crippen LogP contribution in [0.3, 0.4) is 0 Å². The molecule has 0 radical (unpaired) electrons. The monoisotopic (exact) mass is 498 g/mol. The molecule has 0 bridgehead atoms. The van der Waals surface area contributed by atoms with Crippen LogP contribution in [0.2, 0.25) is 0 Å². The van der Waals surface area contributed by atoms with Gasteiger partial charge in [-0.15, -0.1) is 0 Å². The third kappa shape index (κ3) is 5.24. The minimum atomic E-state index is -4.14. The van der Waals surface area contributed by atoms with Crippen molar-refractivity contribution in [3.05, 3.63) is 66.4 Å². The number of rotatable bonds is 8. The molecule has 4 rings (SSSR count). The molecule has 184 valence electrons. The van der Waals surface area contributed by atoms with Gasteiger partial charge in [-0.3, -0.25) is 4.72 Å². The van der Waals surface area contributed by atoms with E-state index in [1.54, 1.807) is 18.3 Å². The number of sulfonamides is 1. The third-order valence-corrected chi connectivity index (χ3v) is 7.13. The first-order chi connectivity index (χ1) is 16.8. The van der Waals surface area contributed by atoms with Gasteiger partial charge in [0.15, 0.2) is 0 Å². The Hall–Kier alpha value is -3.99. The second kappa shape index (κ2) is 10.1. The van der Waals surface area contributed by atoms with Gasteiger partial charge in [-0.2, -0.15) is 0 Å². The lowest BCUT2D eigenvalue weighted by Crippen LogP contribution is -2.47. The van der Waals surface area contributed by atoms with Crippen molar-refractivity contribution in [1.29, 1.82) is 0 Å². The van der Waals surface area contributed by atoms with Crippen LogP contribution < -0.4 is 24.0 Å². The molecule has 0 amide bonds. The molecular formula is C24H26N4O6S. The molecule has 10 nitrogen and oxygen atoms in total. The molecule has 0 atom stereocenters. The molecule has 11 heteroatoms. The van der Waals surface area contributed by atoms with E-state index in [-0.39, 0.29) is 21.9 Å². The molecule has 1 aliphatic rings. The van der Waals surface area contributed by atoms with Crippen LogP contribution in [0.5, 0.6) is 11.5 Å². The van der Waals surface area contributed by atoms with Crippen molar-refractivity contribution in [2.24, 2.45) is 0 Å². The van der Waals surface area contributed by atoms with Gasteiger partial charge in [0.25, 0.3) is 10.0 Å². The first-order valence-electron chi connectivity index (χ1n) is 10.9. The second-order valence-electron chi connectivity index (χ2n) is 7.82. The highest BCUT2D eigenvalue weighted by Gasteiger charge is 2.26. The Bertz CT molecular complexity index is 1310. The maximum Gasteiger partial charge on any atom is 0.335 e. The first-order valence-corrected chi connectivity index (χ1v) is 12.3. The molecule has 1 aliphatic heterocycles. The molecule has 0 aliphatic carbocycles. The van der Waals surface area contributed by atoms with Crippen molar-refractivity contribution in [1.82, 2.24) is 4.98 Å². The number of methoxy groups -OCH3 is 2.